The smallest absolute Gasteiger partial charge is 0.233 e. The lowest BCUT2D eigenvalue weighted by Gasteiger charge is -2.31. The third kappa shape index (κ3) is 4.00. The first-order valence-electron chi connectivity index (χ1n) is 6.69. The number of hydrogen-bond acceptors (Lipinski definition) is 5. The topological polar surface area (TPSA) is 75.1 Å². The Labute approximate surface area is 113 Å². The van der Waals surface area contributed by atoms with Gasteiger partial charge < -0.3 is 10.6 Å². The van der Waals surface area contributed by atoms with Gasteiger partial charge in [-0.3, -0.25) is 14.4 Å². The zero-order valence-corrected chi connectivity index (χ0v) is 11.6. The lowest BCUT2D eigenvalue weighted by Crippen LogP contribution is -2.45. The molecule has 2 rings (SSSR count). The molecule has 1 aromatic heterocycles. The van der Waals surface area contributed by atoms with Crippen LogP contribution in [0.3, 0.4) is 0 Å². The van der Waals surface area contributed by atoms with Crippen LogP contribution in [0.15, 0.2) is 6.20 Å². The summed E-state index contributed by atoms with van der Waals surface area (Å²) in [6.07, 6.45) is 3.93. The highest BCUT2D eigenvalue weighted by Gasteiger charge is 2.20. The first-order chi connectivity index (χ1) is 9.19. The predicted molar refractivity (Wildman–Crippen MR) is 71.4 cm³/mol. The van der Waals surface area contributed by atoms with Gasteiger partial charge in [-0.1, -0.05) is 5.21 Å². The predicted octanol–water partition coefficient (Wildman–Crippen LogP) is -0.885. The van der Waals surface area contributed by atoms with Gasteiger partial charge in [0.25, 0.3) is 0 Å². The average molecular weight is 266 g/mol. The first-order valence-corrected chi connectivity index (χ1v) is 6.69. The molecule has 1 aliphatic heterocycles. The number of hydrogen-bond donors (Lipinski definition) is 2. The van der Waals surface area contributed by atoms with E-state index in [1.807, 2.05) is 7.05 Å². The molecule has 2 heterocycles. The number of aromatic nitrogens is 3. The minimum absolute atomic E-state index is 0.0902. The maximum atomic E-state index is 11.3. The van der Waals surface area contributed by atoms with E-state index in [1.165, 1.54) is 0 Å². The van der Waals surface area contributed by atoms with Gasteiger partial charge in [-0.15, -0.1) is 5.10 Å². The summed E-state index contributed by atoms with van der Waals surface area (Å²) in [5.74, 6) is 0.0902. The van der Waals surface area contributed by atoms with Gasteiger partial charge >= 0.3 is 0 Å². The van der Waals surface area contributed by atoms with Crippen molar-refractivity contribution in [3.8, 4) is 0 Å². The van der Waals surface area contributed by atoms with Crippen LogP contribution in [0, 0.1) is 0 Å². The third-order valence-electron chi connectivity index (χ3n) is 3.61. The summed E-state index contributed by atoms with van der Waals surface area (Å²) in [5.41, 5.74) is 1.09. The second-order valence-electron chi connectivity index (χ2n) is 4.95. The Morgan fingerprint density at radius 1 is 1.47 bits per heavy atom. The number of nitrogens with one attached hydrogen (secondary N) is 2. The number of aryl methyl sites for hydroxylation is 1. The molecule has 1 aliphatic rings. The molecular weight excluding hydrogens is 244 g/mol. The Hall–Kier alpha value is -1.47. The van der Waals surface area contributed by atoms with Gasteiger partial charge in [0.05, 0.1) is 18.4 Å². The van der Waals surface area contributed by atoms with Gasteiger partial charge in [0, 0.05) is 39.8 Å². The SMILES string of the molecule is CNC(=O)CN1CCC(NCc2cnnn2C)CC1. The quantitative estimate of drug-likeness (QED) is 0.723. The summed E-state index contributed by atoms with van der Waals surface area (Å²) in [4.78, 5) is 13.5. The molecular formula is C12H22N6O. The zero-order chi connectivity index (χ0) is 13.7. The number of carbonyl (C=O) groups excluding carboxylic acids is 1. The number of carbonyl (C=O) groups is 1. The van der Waals surface area contributed by atoms with E-state index < -0.39 is 0 Å². The molecule has 0 saturated carbocycles. The van der Waals surface area contributed by atoms with Crippen molar-refractivity contribution in [2.75, 3.05) is 26.7 Å². The Kier molecular flexibility index (Phi) is 4.86. The van der Waals surface area contributed by atoms with Crippen LogP contribution in [0.1, 0.15) is 18.5 Å². The van der Waals surface area contributed by atoms with Gasteiger partial charge in [-0.25, -0.2) is 0 Å². The van der Waals surface area contributed by atoms with Crippen molar-refractivity contribution >= 4 is 5.91 Å². The highest BCUT2D eigenvalue weighted by molar-refractivity contribution is 5.77. The zero-order valence-electron chi connectivity index (χ0n) is 11.6. The summed E-state index contributed by atoms with van der Waals surface area (Å²) < 4.78 is 1.79. The maximum absolute atomic E-state index is 11.3. The van der Waals surface area contributed by atoms with Crippen LogP contribution in [-0.4, -0.2) is 58.5 Å². The Bertz CT molecular complexity index is 410. The molecule has 0 bridgehead atoms. The van der Waals surface area contributed by atoms with E-state index in [-0.39, 0.29) is 5.91 Å². The van der Waals surface area contributed by atoms with Gasteiger partial charge in [0.15, 0.2) is 0 Å². The molecule has 1 amide bonds. The molecule has 106 valence electrons. The van der Waals surface area contributed by atoms with Gasteiger partial charge in [-0.2, -0.15) is 0 Å². The molecule has 0 aliphatic carbocycles. The molecule has 1 aromatic rings. The van der Waals surface area contributed by atoms with Crippen LogP contribution >= 0.6 is 0 Å². The van der Waals surface area contributed by atoms with E-state index in [0.29, 0.717) is 12.6 Å². The molecule has 0 aromatic carbocycles. The van der Waals surface area contributed by atoms with Crippen molar-refractivity contribution in [1.82, 2.24) is 30.5 Å². The number of amides is 1. The van der Waals surface area contributed by atoms with Crippen LogP contribution in [0.5, 0.6) is 0 Å². The Balaban J connectivity index is 1.69. The number of likely N-dealkylation sites (N-methyl/N-ethyl adjacent to an activating group) is 1. The highest BCUT2D eigenvalue weighted by Crippen LogP contribution is 2.10. The van der Waals surface area contributed by atoms with Crippen LogP contribution in [0.25, 0.3) is 0 Å². The number of likely N-dealkylation sites (tertiary alicyclic amines) is 1. The van der Waals surface area contributed by atoms with E-state index >= 15 is 0 Å². The third-order valence-corrected chi connectivity index (χ3v) is 3.61. The summed E-state index contributed by atoms with van der Waals surface area (Å²) >= 11 is 0. The van der Waals surface area contributed by atoms with Crippen molar-refractivity contribution in [3.63, 3.8) is 0 Å². The summed E-state index contributed by atoms with van der Waals surface area (Å²) in [7, 11) is 3.58. The second-order valence-corrected chi connectivity index (χ2v) is 4.95. The van der Waals surface area contributed by atoms with Crippen molar-refractivity contribution in [2.24, 2.45) is 7.05 Å². The molecule has 7 heteroatoms. The van der Waals surface area contributed by atoms with Gasteiger partial charge in [0.1, 0.15) is 0 Å². The molecule has 2 N–H and O–H groups in total. The largest absolute Gasteiger partial charge is 0.358 e. The monoisotopic (exact) mass is 266 g/mol. The minimum atomic E-state index is 0.0902. The van der Waals surface area contributed by atoms with Crippen LogP contribution < -0.4 is 10.6 Å². The fourth-order valence-electron chi connectivity index (χ4n) is 2.30. The Morgan fingerprint density at radius 3 is 2.79 bits per heavy atom. The van der Waals surface area contributed by atoms with Crippen molar-refractivity contribution in [3.05, 3.63) is 11.9 Å². The van der Waals surface area contributed by atoms with E-state index in [1.54, 1.807) is 17.9 Å². The van der Waals surface area contributed by atoms with Gasteiger partial charge in [-0.05, 0) is 12.8 Å². The molecule has 1 fully saturated rings. The van der Waals surface area contributed by atoms with Gasteiger partial charge in [0.2, 0.25) is 5.91 Å². The number of rotatable bonds is 5. The Morgan fingerprint density at radius 2 is 2.21 bits per heavy atom. The lowest BCUT2D eigenvalue weighted by molar-refractivity contribution is -0.122. The van der Waals surface area contributed by atoms with E-state index in [4.69, 9.17) is 0 Å². The van der Waals surface area contributed by atoms with Crippen molar-refractivity contribution in [2.45, 2.75) is 25.4 Å². The normalized spacial score (nSPS) is 17.6. The molecule has 7 nitrogen and oxygen atoms in total. The fraction of sp³-hybridized carbons (Fsp3) is 0.750. The fourth-order valence-corrected chi connectivity index (χ4v) is 2.30. The first kappa shape index (κ1) is 14.0. The molecule has 0 unspecified atom stereocenters. The van der Waals surface area contributed by atoms with Crippen LogP contribution in [-0.2, 0) is 18.4 Å². The summed E-state index contributed by atoms with van der Waals surface area (Å²) in [6.45, 7) is 3.24. The van der Waals surface area contributed by atoms with Crippen LogP contribution in [0.4, 0.5) is 0 Å². The maximum Gasteiger partial charge on any atom is 0.233 e. The lowest BCUT2D eigenvalue weighted by atomic mass is 10.0. The second kappa shape index (κ2) is 6.63. The van der Waals surface area contributed by atoms with E-state index in [2.05, 4.69) is 25.8 Å². The molecule has 1 saturated heterocycles. The highest BCUT2D eigenvalue weighted by atomic mass is 16.1. The number of piperidine rings is 1. The van der Waals surface area contributed by atoms with E-state index in [0.717, 1.165) is 38.2 Å². The average Bonchev–Trinajstić information content (AvgIpc) is 2.83. The van der Waals surface area contributed by atoms with Crippen LogP contribution in [0.2, 0.25) is 0 Å². The minimum Gasteiger partial charge on any atom is -0.358 e. The summed E-state index contributed by atoms with van der Waals surface area (Å²) in [6, 6.07) is 0.510. The van der Waals surface area contributed by atoms with Crippen molar-refractivity contribution < 1.29 is 4.79 Å². The standard InChI is InChI=1S/C12H22N6O/c1-13-12(19)9-18-5-3-10(4-6-18)14-7-11-8-15-16-17(11)2/h8,10,14H,3-7,9H2,1-2H3,(H,13,19). The molecule has 0 radical (unpaired) electrons. The number of nitrogens with zero attached hydrogens (tertiary/aromatic N) is 4. The molecule has 19 heavy (non-hydrogen) atoms. The molecule has 0 atom stereocenters. The summed E-state index contributed by atoms with van der Waals surface area (Å²) in [5, 5.41) is 14.0. The molecule has 0 spiro atoms. The van der Waals surface area contributed by atoms with E-state index in [9.17, 15) is 4.79 Å². The van der Waals surface area contributed by atoms with Crippen molar-refractivity contribution in [1.29, 1.82) is 0 Å².